The van der Waals surface area contributed by atoms with Gasteiger partial charge in [0.25, 0.3) is 11.8 Å². The molecule has 0 bridgehead atoms. The number of fused-ring (bicyclic) bond motifs is 1. The SMILES string of the molecule is Nc1ccccc1-c1cn(CC(=O)Nc2cccc3c2C(=O)N(C2CCC(=O)NC2=O)C3=O)nn1. The second kappa shape index (κ2) is 8.48. The molecule has 0 aliphatic carbocycles. The summed E-state index contributed by atoms with van der Waals surface area (Å²) in [5.74, 6) is -3.03. The van der Waals surface area contributed by atoms with Crippen LogP contribution in [0.15, 0.2) is 48.7 Å². The Bertz CT molecular complexity index is 1410. The minimum atomic E-state index is -1.09. The molecule has 1 saturated heterocycles. The zero-order chi connectivity index (χ0) is 24.7. The van der Waals surface area contributed by atoms with Crippen LogP contribution in [0.3, 0.4) is 0 Å². The number of aromatic nitrogens is 3. The molecule has 12 heteroatoms. The highest BCUT2D eigenvalue weighted by Gasteiger charge is 2.45. The van der Waals surface area contributed by atoms with E-state index in [0.29, 0.717) is 16.9 Å². The molecule has 35 heavy (non-hydrogen) atoms. The molecule has 5 amide bonds. The Labute approximate surface area is 198 Å². The van der Waals surface area contributed by atoms with Gasteiger partial charge in [0, 0.05) is 17.7 Å². The van der Waals surface area contributed by atoms with E-state index in [1.807, 2.05) is 6.07 Å². The molecule has 5 rings (SSSR count). The number of para-hydroxylation sites is 1. The fourth-order valence-electron chi connectivity index (χ4n) is 4.19. The molecule has 0 spiro atoms. The maximum Gasteiger partial charge on any atom is 0.264 e. The molecule has 4 N–H and O–H groups in total. The molecular formula is C23H19N7O5. The van der Waals surface area contributed by atoms with Crippen LogP contribution in [-0.4, -0.2) is 55.5 Å². The summed E-state index contributed by atoms with van der Waals surface area (Å²) in [7, 11) is 0. The van der Waals surface area contributed by atoms with Crippen molar-refractivity contribution in [3.05, 3.63) is 59.8 Å². The lowest BCUT2D eigenvalue weighted by Gasteiger charge is -2.27. The summed E-state index contributed by atoms with van der Waals surface area (Å²) < 4.78 is 1.32. The number of hydrogen-bond acceptors (Lipinski definition) is 8. The topological polar surface area (TPSA) is 169 Å². The third kappa shape index (κ3) is 3.90. The van der Waals surface area contributed by atoms with Gasteiger partial charge in [-0.15, -0.1) is 5.10 Å². The molecule has 176 valence electrons. The number of nitrogens with one attached hydrogen (secondary N) is 2. The second-order valence-corrected chi connectivity index (χ2v) is 8.11. The van der Waals surface area contributed by atoms with Crippen LogP contribution < -0.4 is 16.4 Å². The van der Waals surface area contributed by atoms with Crippen molar-refractivity contribution in [2.75, 3.05) is 11.1 Å². The van der Waals surface area contributed by atoms with Crippen molar-refractivity contribution >= 4 is 40.9 Å². The van der Waals surface area contributed by atoms with Crippen LogP contribution in [-0.2, 0) is 20.9 Å². The van der Waals surface area contributed by atoms with Gasteiger partial charge in [0.05, 0.1) is 23.0 Å². The Morgan fingerprint density at radius 2 is 1.83 bits per heavy atom. The summed E-state index contributed by atoms with van der Waals surface area (Å²) >= 11 is 0. The van der Waals surface area contributed by atoms with Crippen molar-refractivity contribution in [3.8, 4) is 11.3 Å². The van der Waals surface area contributed by atoms with Crippen molar-refractivity contribution in [3.63, 3.8) is 0 Å². The molecule has 1 fully saturated rings. The van der Waals surface area contributed by atoms with Gasteiger partial charge in [-0.05, 0) is 24.6 Å². The zero-order valence-electron chi connectivity index (χ0n) is 18.2. The van der Waals surface area contributed by atoms with E-state index in [1.54, 1.807) is 24.4 Å². The average Bonchev–Trinajstić information content (AvgIpc) is 3.37. The second-order valence-electron chi connectivity index (χ2n) is 8.11. The molecule has 3 aromatic rings. The summed E-state index contributed by atoms with van der Waals surface area (Å²) in [5, 5.41) is 12.8. The zero-order valence-corrected chi connectivity index (χ0v) is 18.2. The smallest absolute Gasteiger partial charge is 0.264 e. The lowest BCUT2D eigenvalue weighted by Crippen LogP contribution is -2.54. The number of hydrogen-bond donors (Lipinski definition) is 3. The first-order chi connectivity index (χ1) is 16.8. The number of piperidine rings is 1. The first-order valence-corrected chi connectivity index (χ1v) is 10.7. The molecule has 0 radical (unpaired) electrons. The van der Waals surface area contributed by atoms with E-state index in [2.05, 4.69) is 20.9 Å². The number of imide groups is 2. The predicted molar refractivity (Wildman–Crippen MR) is 122 cm³/mol. The molecule has 1 unspecified atom stereocenters. The first kappa shape index (κ1) is 21.9. The number of nitrogens with two attached hydrogens (primary N) is 1. The number of nitrogens with zero attached hydrogens (tertiary/aromatic N) is 4. The molecule has 2 aliphatic heterocycles. The van der Waals surface area contributed by atoms with E-state index in [0.717, 1.165) is 4.90 Å². The molecule has 2 aromatic carbocycles. The number of benzene rings is 2. The number of nitrogen functional groups attached to an aromatic ring is 1. The Hall–Kier alpha value is -4.87. The van der Waals surface area contributed by atoms with Gasteiger partial charge in [0.1, 0.15) is 18.3 Å². The van der Waals surface area contributed by atoms with E-state index in [-0.39, 0.29) is 36.2 Å². The number of carbonyl (C=O) groups excluding carboxylic acids is 5. The van der Waals surface area contributed by atoms with Gasteiger partial charge in [0.15, 0.2) is 0 Å². The third-order valence-corrected chi connectivity index (χ3v) is 5.82. The third-order valence-electron chi connectivity index (χ3n) is 5.82. The van der Waals surface area contributed by atoms with Gasteiger partial charge in [0.2, 0.25) is 17.7 Å². The van der Waals surface area contributed by atoms with Crippen molar-refractivity contribution < 1.29 is 24.0 Å². The van der Waals surface area contributed by atoms with E-state index in [4.69, 9.17) is 5.73 Å². The van der Waals surface area contributed by atoms with E-state index >= 15 is 0 Å². The summed E-state index contributed by atoms with van der Waals surface area (Å²) in [6.45, 7) is -0.206. The van der Waals surface area contributed by atoms with Crippen LogP contribution in [0.2, 0.25) is 0 Å². The molecule has 12 nitrogen and oxygen atoms in total. The molecule has 1 aromatic heterocycles. The number of rotatable bonds is 5. The van der Waals surface area contributed by atoms with Gasteiger partial charge < -0.3 is 11.1 Å². The summed E-state index contributed by atoms with van der Waals surface area (Å²) in [6.07, 6.45) is 1.63. The quantitative estimate of drug-likeness (QED) is 0.357. The lowest BCUT2D eigenvalue weighted by atomic mass is 10.0. The van der Waals surface area contributed by atoms with Crippen molar-refractivity contribution in [2.24, 2.45) is 0 Å². The standard InChI is InChI=1S/C23H19N7O5/c24-14-6-2-1-4-12(14)16-10-29(28-27-16)11-19(32)25-15-7-3-5-13-20(15)23(35)30(22(13)34)17-8-9-18(31)26-21(17)33/h1-7,10,17H,8-9,11,24H2,(H,25,32)(H,26,31,33). The first-order valence-electron chi connectivity index (χ1n) is 10.7. The Morgan fingerprint density at radius 3 is 2.60 bits per heavy atom. The molecule has 0 saturated carbocycles. The monoisotopic (exact) mass is 473 g/mol. The maximum absolute atomic E-state index is 13.1. The molecular weight excluding hydrogens is 454 g/mol. The normalized spacial score (nSPS) is 17.4. The van der Waals surface area contributed by atoms with Crippen LogP contribution in [0.1, 0.15) is 33.6 Å². The number of carbonyl (C=O) groups is 5. The van der Waals surface area contributed by atoms with Crippen LogP contribution in [0, 0.1) is 0 Å². The Kier molecular flexibility index (Phi) is 5.32. The van der Waals surface area contributed by atoms with E-state index in [9.17, 15) is 24.0 Å². The summed E-state index contributed by atoms with van der Waals surface area (Å²) in [5.41, 5.74) is 7.85. The number of anilines is 2. The van der Waals surface area contributed by atoms with Crippen molar-refractivity contribution in [1.29, 1.82) is 0 Å². The summed E-state index contributed by atoms with van der Waals surface area (Å²) in [6, 6.07) is 10.5. The van der Waals surface area contributed by atoms with Gasteiger partial charge in [-0.2, -0.15) is 0 Å². The fraction of sp³-hybridized carbons (Fsp3) is 0.174. The van der Waals surface area contributed by atoms with Crippen molar-refractivity contribution in [2.45, 2.75) is 25.4 Å². The highest BCUT2D eigenvalue weighted by molar-refractivity contribution is 6.26. The van der Waals surface area contributed by atoms with Crippen molar-refractivity contribution in [1.82, 2.24) is 25.2 Å². The summed E-state index contributed by atoms with van der Waals surface area (Å²) in [4.78, 5) is 63.3. The van der Waals surface area contributed by atoms with E-state index < -0.39 is 35.6 Å². The minimum absolute atomic E-state index is 0.00751. The predicted octanol–water partition coefficient (Wildman–Crippen LogP) is 0.567. The largest absolute Gasteiger partial charge is 0.398 e. The van der Waals surface area contributed by atoms with Crippen LogP contribution in [0.25, 0.3) is 11.3 Å². The van der Waals surface area contributed by atoms with Crippen LogP contribution >= 0.6 is 0 Å². The van der Waals surface area contributed by atoms with Crippen LogP contribution in [0.4, 0.5) is 11.4 Å². The van der Waals surface area contributed by atoms with Gasteiger partial charge in [-0.25, -0.2) is 4.68 Å². The fourth-order valence-corrected chi connectivity index (χ4v) is 4.19. The highest BCUT2D eigenvalue weighted by atomic mass is 16.2. The van der Waals surface area contributed by atoms with Gasteiger partial charge >= 0.3 is 0 Å². The van der Waals surface area contributed by atoms with E-state index in [1.165, 1.54) is 22.9 Å². The van der Waals surface area contributed by atoms with Gasteiger partial charge in [-0.3, -0.25) is 34.2 Å². The Balaban J connectivity index is 1.34. The highest BCUT2D eigenvalue weighted by Crippen LogP contribution is 2.32. The number of amides is 5. The molecule has 1 atom stereocenters. The lowest BCUT2D eigenvalue weighted by molar-refractivity contribution is -0.136. The maximum atomic E-state index is 13.1. The minimum Gasteiger partial charge on any atom is -0.398 e. The van der Waals surface area contributed by atoms with Crippen LogP contribution in [0.5, 0.6) is 0 Å². The average molecular weight is 473 g/mol. The van der Waals surface area contributed by atoms with Gasteiger partial charge in [-0.1, -0.05) is 29.5 Å². The molecule has 2 aliphatic rings. The Morgan fingerprint density at radius 1 is 1.06 bits per heavy atom. The molecule has 3 heterocycles.